The Morgan fingerprint density at radius 2 is 1.86 bits per heavy atom. The van der Waals surface area contributed by atoms with E-state index in [2.05, 4.69) is 0 Å². The van der Waals surface area contributed by atoms with Gasteiger partial charge in [0.25, 0.3) is 0 Å². The van der Waals surface area contributed by atoms with Crippen molar-refractivity contribution in [2.24, 2.45) is 5.73 Å². The van der Waals surface area contributed by atoms with Crippen LogP contribution in [0.4, 0.5) is 4.39 Å². The second kappa shape index (κ2) is 2.80. The molecule has 1 nitrogen and oxygen atoms in total. The molecule has 1 fully saturated rings. The van der Waals surface area contributed by atoms with Crippen molar-refractivity contribution in [2.75, 3.05) is 0 Å². The van der Waals surface area contributed by atoms with Gasteiger partial charge in [0.1, 0.15) is 5.82 Å². The van der Waals surface area contributed by atoms with E-state index in [9.17, 15) is 4.39 Å². The standard InChI is InChI=1S/C12H16FN/c1-11(2,14)12(7-8-12)9-5-3-4-6-10(9)13/h3-6H,7-8,14H2,1-2H3. The number of benzene rings is 1. The van der Waals surface area contributed by atoms with Crippen LogP contribution in [0.5, 0.6) is 0 Å². The van der Waals surface area contributed by atoms with Gasteiger partial charge >= 0.3 is 0 Å². The SMILES string of the molecule is CC(C)(N)C1(c2ccccc2F)CC1. The molecule has 0 aromatic heterocycles. The molecule has 1 saturated carbocycles. The molecule has 0 atom stereocenters. The van der Waals surface area contributed by atoms with Gasteiger partial charge in [0, 0.05) is 11.0 Å². The van der Waals surface area contributed by atoms with Crippen molar-refractivity contribution < 1.29 is 4.39 Å². The minimum atomic E-state index is -0.338. The van der Waals surface area contributed by atoms with Gasteiger partial charge in [-0.25, -0.2) is 4.39 Å². The number of nitrogens with two attached hydrogens (primary N) is 1. The van der Waals surface area contributed by atoms with Crippen LogP contribution in [0.15, 0.2) is 24.3 Å². The van der Waals surface area contributed by atoms with Crippen LogP contribution in [-0.4, -0.2) is 5.54 Å². The Bertz CT molecular complexity index is 348. The molecule has 0 saturated heterocycles. The number of hydrogen-bond acceptors (Lipinski definition) is 1. The van der Waals surface area contributed by atoms with Crippen LogP contribution in [0, 0.1) is 5.82 Å². The van der Waals surface area contributed by atoms with Gasteiger partial charge in [-0.15, -0.1) is 0 Å². The van der Waals surface area contributed by atoms with Crippen molar-refractivity contribution in [3.05, 3.63) is 35.6 Å². The number of hydrogen-bond donors (Lipinski definition) is 1. The molecule has 1 aromatic carbocycles. The molecule has 0 aliphatic heterocycles. The van der Waals surface area contributed by atoms with Gasteiger partial charge < -0.3 is 5.73 Å². The van der Waals surface area contributed by atoms with Gasteiger partial charge in [0.2, 0.25) is 0 Å². The van der Waals surface area contributed by atoms with Crippen LogP contribution in [0.3, 0.4) is 0 Å². The highest BCUT2D eigenvalue weighted by atomic mass is 19.1. The first kappa shape index (κ1) is 9.66. The number of rotatable bonds is 2. The molecule has 1 aliphatic carbocycles. The summed E-state index contributed by atoms with van der Waals surface area (Å²) in [4.78, 5) is 0. The molecule has 2 heteroatoms. The van der Waals surface area contributed by atoms with Crippen molar-refractivity contribution in [3.8, 4) is 0 Å². The van der Waals surface area contributed by atoms with E-state index in [0.717, 1.165) is 18.4 Å². The highest BCUT2D eigenvalue weighted by Crippen LogP contribution is 2.55. The first-order chi connectivity index (χ1) is 6.47. The third-order valence-corrected chi connectivity index (χ3v) is 3.37. The molecule has 0 amide bonds. The Balaban J connectivity index is 2.46. The lowest BCUT2D eigenvalue weighted by atomic mass is 9.79. The van der Waals surface area contributed by atoms with Crippen LogP contribution < -0.4 is 5.73 Å². The highest BCUT2D eigenvalue weighted by Gasteiger charge is 2.54. The van der Waals surface area contributed by atoms with Gasteiger partial charge in [0.15, 0.2) is 0 Å². The first-order valence-corrected chi connectivity index (χ1v) is 5.01. The molecule has 1 aliphatic rings. The Morgan fingerprint density at radius 3 is 2.29 bits per heavy atom. The second-order valence-electron chi connectivity index (χ2n) is 4.78. The predicted octanol–water partition coefficient (Wildman–Crippen LogP) is 2.59. The maximum absolute atomic E-state index is 13.6. The lowest BCUT2D eigenvalue weighted by Gasteiger charge is -2.31. The van der Waals surface area contributed by atoms with Crippen molar-refractivity contribution in [1.82, 2.24) is 0 Å². The zero-order valence-electron chi connectivity index (χ0n) is 8.68. The third-order valence-electron chi connectivity index (χ3n) is 3.37. The van der Waals surface area contributed by atoms with Crippen LogP contribution in [0.2, 0.25) is 0 Å². The average molecular weight is 193 g/mol. The zero-order valence-corrected chi connectivity index (χ0v) is 8.68. The molecule has 14 heavy (non-hydrogen) atoms. The van der Waals surface area contributed by atoms with E-state index in [-0.39, 0.29) is 16.8 Å². The van der Waals surface area contributed by atoms with Gasteiger partial charge in [-0.2, -0.15) is 0 Å². The molecule has 1 aromatic rings. The normalized spacial score (nSPS) is 19.4. The fourth-order valence-corrected chi connectivity index (χ4v) is 2.24. The summed E-state index contributed by atoms with van der Waals surface area (Å²) in [5, 5.41) is 0. The maximum Gasteiger partial charge on any atom is 0.127 e. The molecular formula is C12H16FN. The maximum atomic E-state index is 13.6. The van der Waals surface area contributed by atoms with E-state index in [1.807, 2.05) is 26.0 Å². The Morgan fingerprint density at radius 1 is 1.29 bits per heavy atom. The fraction of sp³-hybridized carbons (Fsp3) is 0.500. The van der Waals surface area contributed by atoms with E-state index in [0.29, 0.717) is 0 Å². The van der Waals surface area contributed by atoms with E-state index < -0.39 is 0 Å². The fourth-order valence-electron chi connectivity index (χ4n) is 2.24. The van der Waals surface area contributed by atoms with E-state index in [4.69, 9.17) is 5.73 Å². The summed E-state index contributed by atoms with van der Waals surface area (Å²) in [5.41, 5.74) is 6.43. The minimum Gasteiger partial charge on any atom is -0.325 e. The smallest absolute Gasteiger partial charge is 0.127 e. The van der Waals surface area contributed by atoms with E-state index >= 15 is 0 Å². The third kappa shape index (κ3) is 1.25. The van der Waals surface area contributed by atoms with Gasteiger partial charge in [-0.3, -0.25) is 0 Å². The van der Waals surface area contributed by atoms with Crippen molar-refractivity contribution in [3.63, 3.8) is 0 Å². The largest absolute Gasteiger partial charge is 0.325 e. The van der Waals surface area contributed by atoms with E-state index in [1.165, 1.54) is 6.07 Å². The van der Waals surface area contributed by atoms with Crippen LogP contribution in [0.25, 0.3) is 0 Å². The van der Waals surface area contributed by atoms with Crippen LogP contribution in [0.1, 0.15) is 32.3 Å². The van der Waals surface area contributed by atoms with Crippen LogP contribution in [-0.2, 0) is 5.41 Å². The molecule has 0 unspecified atom stereocenters. The van der Waals surface area contributed by atoms with Crippen molar-refractivity contribution in [2.45, 2.75) is 37.6 Å². The molecule has 0 bridgehead atoms. The molecule has 0 radical (unpaired) electrons. The molecule has 2 N–H and O–H groups in total. The van der Waals surface area contributed by atoms with Gasteiger partial charge in [-0.05, 0) is 38.3 Å². The first-order valence-electron chi connectivity index (χ1n) is 5.01. The lowest BCUT2D eigenvalue weighted by molar-refractivity contribution is 0.379. The summed E-state index contributed by atoms with van der Waals surface area (Å²) in [6.45, 7) is 3.96. The average Bonchev–Trinajstić information content (AvgIpc) is 2.84. The highest BCUT2D eigenvalue weighted by molar-refractivity contribution is 5.37. The summed E-state index contributed by atoms with van der Waals surface area (Å²) in [7, 11) is 0. The monoisotopic (exact) mass is 193 g/mol. The minimum absolute atomic E-state index is 0.122. The molecule has 0 heterocycles. The van der Waals surface area contributed by atoms with Crippen molar-refractivity contribution in [1.29, 1.82) is 0 Å². The van der Waals surface area contributed by atoms with Crippen molar-refractivity contribution >= 4 is 0 Å². The topological polar surface area (TPSA) is 26.0 Å². The molecular weight excluding hydrogens is 177 g/mol. The Labute approximate surface area is 84.1 Å². The summed E-state index contributed by atoms with van der Waals surface area (Å²) in [6.07, 6.45) is 1.99. The van der Waals surface area contributed by atoms with Gasteiger partial charge in [-0.1, -0.05) is 18.2 Å². The Hall–Kier alpha value is -0.890. The van der Waals surface area contributed by atoms with E-state index in [1.54, 1.807) is 6.07 Å². The summed E-state index contributed by atoms with van der Waals surface area (Å²) < 4.78 is 13.6. The zero-order chi connectivity index (χ0) is 10.4. The molecule has 76 valence electrons. The quantitative estimate of drug-likeness (QED) is 0.767. The molecule has 0 spiro atoms. The number of halogens is 1. The van der Waals surface area contributed by atoms with Crippen LogP contribution >= 0.6 is 0 Å². The molecule has 2 rings (SSSR count). The summed E-state index contributed by atoms with van der Waals surface area (Å²) >= 11 is 0. The lowest BCUT2D eigenvalue weighted by Crippen LogP contribution is -2.45. The summed E-state index contributed by atoms with van der Waals surface area (Å²) in [6, 6.07) is 6.97. The second-order valence-corrected chi connectivity index (χ2v) is 4.78. The Kier molecular flexibility index (Phi) is 1.93. The summed E-state index contributed by atoms with van der Waals surface area (Å²) in [5.74, 6) is -0.122. The van der Waals surface area contributed by atoms with Gasteiger partial charge in [0.05, 0.1) is 0 Å². The predicted molar refractivity (Wildman–Crippen MR) is 55.6 cm³/mol.